The van der Waals surface area contributed by atoms with Crippen molar-refractivity contribution in [2.75, 3.05) is 11.9 Å². The van der Waals surface area contributed by atoms with Gasteiger partial charge in [-0.1, -0.05) is 61.9 Å². The number of nitrogens with zero attached hydrogens (tertiary/aromatic N) is 1. The number of carbonyl (C=O) groups excluding carboxylic acids is 3. The van der Waals surface area contributed by atoms with Crippen LogP contribution in [0.15, 0.2) is 49.1 Å². The summed E-state index contributed by atoms with van der Waals surface area (Å²) < 4.78 is 5.40. The van der Waals surface area contributed by atoms with E-state index in [9.17, 15) is 19.5 Å². The molecule has 2 rings (SSSR count). The minimum Gasteiger partial charge on any atom is -0.507 e. The molecule has 0 radical (unpaired) electrons. The highest BCUT2D eigenvalue weighted by atomic mass is 35.5. The van der Waals surface area contributed by atoms with E-state index >= 15 is 0 Å². The van der Waals surface area contributed by atoms with Crippen molar-refractivity contribution in [3.63, 3.8) is 0 Å². The van der Waals surface area contributed by atoms with Gasteiger partial charge in [0.1, 0.15) is 23.4 Å². The fraction of sp³-hybridized carbons (Fsp3) is 0.433. The number of rotatable bonds is 10. The normalized spacial score (nSPS) is 12.8. The number of hydrogen-bond donors (Lipinski definition) is 3. The number of halogens is 1. The molecule has 2 atom stereocenters. The summed E-state index contributed by atoms with van der Waals surface area (Å²) in [6.45, 7) is 16.3. The summed E-state index contributed by atoms with van der Waals surface area (Å²) in [6, 6.07) is 7.96. The van der Waals surface area contributed by atoms with Crippen molar-refractivity contribution < 1.29 is 24.2 Å². The third-order valence-electron chi connectivity index (χ3n) is 5.90. The number of hydrogen-bond acceptors (Lipinski definition) is 5. The Bertz CT molecular complexity index is 1190. The number of aromatic hydroxyl groups is 1. The lowest BCUT2D eigenvalue weighted by molar-refractivity contribution is -0.140. The van der Waals surface area contributed by atoms with Crippen LogP contribution in [-0.4, -0.2) is 46.1 Å². The van der Waals surface area contributed by atoms with Gasteiger partial charge in [-0.3, -0.25) is 9.59 Å². The zero-order valence-corrected chi connectivity index (χ0v) is 24.6. The predicted molar refractivity (Wildman–Crippen MR) is 155 cm³/mol. The van der Waals surface area contributed by atoms with Crippen LogP contribution in [0, 0.1) is 19.8 Å². The number of carbonyl (C=O) groups is 3. The van der Waals surface area contributed by atoms with E-state index < -0.39 is 35.6 Å². The van der Waals surface area contributed by atoms with Gasteiger partial charge in [0.05, 0.1) is 10.7 Å². The van der Waals surface area contributed by atoms with Gasteiger partial charge in [0.25, 0.3) is 5.91 Å². The zero-order chi connectivity index (χ0) is 29.5. The first-order chi connectivity index (χ1) is 18.2. The fourth-order valence-corrected chi connectivity index (χ4v) is 4.41. The molecule has 9 heteroatoms. The number of phenols is 1. The van der Waals surface area contributed by atoms with Gasteiger partial charge >= 0.3 is 6.09 Å². The highest BCUT2D eigenvalue weighted by Crippen LogP contribution is 2.34. The van der Waals surface area contributed by atoms with E-state index in [1.807, 2.05) is 13.8 Å². The van der Waals surface area contributed by atoms with Crippen LogP contribution in [0.3, 0.4) is 0 Å². The molecule has 0 saturated heterocycles. The molecular formula is C30H40ClN3O5. The Morgan fingerprint density at radius 1 is 1.10 bits per heavy atom. The maximum Gasteiger partial charge on any atom is 0.408 e. The highest BCUT2D eigenvalue weighted by molar-refractivity contribution is 6.34. The summed E-state index contributed by atoms with van der Waals surface area (Å²) in [6.07, 6.45) is 1.04. The third kappa shape index (κ3) is 8.75. The molecule has 39 heavy (non-hydrogen) atoms. The average molecular weight is 558 g/mol. The standard InChI is InChI=1S/C30H40ClN3O5/c1-9-16-34(28(37)23(17-18(2)3)32-29(38)39-30(6,7)8)25(21-14-10-13-20(5)26(21)35)27(36)33-24-19(4)12-11-15-22(24)31/h9-15,18,23,25,35H,1,16-17H2,2-8H3,(H,32,38)(H,33,36). The average Bonchev–Trinajstić information content (AvgIpc) is 2.81. The second kappa shape index (κ2) is 13.5. The SMILES string of the molecule is C=CCN(C(=O)C(CC(C)C)NC(=O)OC(C)(C)C)C(C(=O)Nc1c(C)cccc1Cl)c1cccc(C)c1O. The van der Waals surface area contributed by atoms with Gasteiger partial charge in [-0.05, 0) is 64.2 Å². The number of alkyl carbamates (subject to hydrolysis) is 1. The van der Waals surface area contributed by atoms with Crippen LogP contribution in [0.25, 0.3) is 0 Å². The minimum atomic E-state index is -1.26. The molecule has 0 bridgehead atoms. The highest BCUT2D eigenvalue weighted by Gasteiger charge is 2.37. The van der Waals surface area contributed by atoms with Crippen LogP contribution < -0.4 is 10.6 Å². The minimum absolute atomic E-state index is 0.0313. The second-order valence-corrected chi connectivity index (χ2v) is 11.4. The first kappa shape index (κ1) is 31.7. The van der Waals surface area contributed by atoms with Crippen molar-refractivity contribution in [1.29, 1.82) is 0 Å². The van der Waals surface area contributed by atoms with Crippen molar-refractivity contribution in [1.82, 2.24) is 10.2 Å². The number of aryl methyl sites for hydroxylation is 2. The monoisotopic (exact) mass is 557 g/mol. The summed E-state index contributed by atoms with van der Waals surface area (Å²) in [5, 5.41) is 16.9. The van der Waals surface area contributed by atoms with Crippen LogP contribution >= 0.6 is 11.6 Å². The maximum atomic E-state index is 14.1. The van der Waals surface area contributed by atoms with E-state index in [1.54, 1.807) is 71.0 Å². The van der Waals surface area contributed by atoms with E-state index in [0.717, 1.165) is 5.56 Å². The topological polar surface area (TPSA) is 108 Å². The Labute approximate surface area is 236 Å². The molecular weight excluding hydrogens is 518 g/mol. The molecule has 2 unspecified atom stereocenters. The van der Waals surface area contributed by atoms with Gasteiger partial charge in [0.15, 0.2) is 0 Å². The van der Waals surface area contributed by atoms with Crippen molar-refractivity contribution in [2.24, 2.45) is 5.92 Å². The van der Waals surface area contributed by atoms with Gasteiger partial charge in [-0.15, -0.1) is 6.58 Å². The van der Waals surface area contributed by atoms with Gasteiger partial charge in [0, 0.05) is 12.1 Å². The van der Waals surface area contributed by atoms with Crippen LogP contribution in [-0.2, 0) is 14.3 Å². The Morgan fingerprint density at radius 3 is 2.28 bits per heavy atom. The van der Waals surface area contributed by atoms with Crippen molar-refractivity contribution >= 4 is 35.2 Å². The summed E-state index contributed by atoms with van der Waals surface area (Å²) in [5.74, 6) is -1.19. The molecule has 0 spiro atoms. The van der Waals surface area contributed by atoms with E-state index in [2.05, 4.69) is 17.2 Å². The molecule has 2 aromatic rings. The lowest BCUT2D eigenvalue weighted by atomic mass is 9.97. The third-order valence-corrected chi connectivity index (χ3v) is 6.21. The Morgan fingerprint density at radius 2 is 1.72 bits per heavy atom. The summed E-state index contributed by atoms with van der Waals surface area (Å²) in [5.41, 5.74) is 1.13. The number of anilines is 1. The largest absolute Gasteiger partial charge is 0.507 e. The predicted octanol–water partition coefficient (Wildman–Crippen LogP) is 6.30. The molecule has 0 fully saturated rings. The number of para-hydroxylation sites is 2. The number of benzene rings is 2. The molecule has 2 aromatic carbocycles. The fourth-order valence-electron chi connectivity index (χ4n) is 4.14. The van der Waals surface area contributed by atoms with Crippen LogP contribution in [0.1, 0.15) is 63.8 Å². The maximum absolute atomic E-state index is 14.1. The molecule has 0 saturated carbocycles. The van der Waals surface area contributed by atoms with Crippen LogP contribution in [0.4, 0.5) is 10.5 Å². The van der Waals surface area contributed by atoms with Gasteiger partial charge in [-0.25, -0.2) is 4.79 Å². The Kier molecular flexibility index (Phi) is 11.0. The van der Waals surface area contributed by atoms with Crippen LogP contribution in [0.2, 0.25) is 5.02 Å². The molecule has 212 valence electrons. The van der Waals surface area contributed by atoms with Crippen molar-refractivity contribution in [2.45, 2.75) is 72.6 Å². The summed E-state index contributed by atoms with van der Waals surface area (Å²) in [7, 11) is 0. The first-order valence-corrected chi connectivity index (χ1v) is 13.3. The number of nitrogens with one attached hydrogen (secondary N) is 2. The number of amides is 3. The molecule has 8 nitrogen and oxygen atoms in total. The molecule has 3 amide bonds. The van der Waals surface area contributed by atoms with Crippen molar-refractivity contribution in [3.05, 3.63) is 70.8 Å². The lowest BCUT2D eigenvalue weighted by Crippen LogP contribution is -2.52. The van der Waals surface area contributed by atoms with Gasteiger partial charge < -0.3 is 25.4 Å². The molecule has 0 aromatic heterocycles. The summed E-state index contributed by atoms with van der Waals surface area (Å²) in [4.78, 5) is 42.0. The van der Waals surface area contributed by atoms with E-state index in [-0.39, 0.29) is 23.8 Å². The quantitative estimate of drug-likeness (QED) is 0.297. The number of phenolic OH excluding ortho intramolecular Hbond substituents is 1. The van der Waals surface area contributed by atoms with E-state index in [1.165, 1.54) is 11.0 Å². The van der Waals surface area contributed by atoms with Gasteiger partial charge in [-0.2, -0.15) is 0 Å². The smallest absolute Gasteiger partial charge is 0.408 e. The van der Waals surface area contributed by atoms with E-state index in [4.69, 9.17) is 16.3 Å². The molecule has 0 aliphatic rings. The first-order valence-electron chi connectivity index (χ1n) is 12.9. The zero-order valence-electron chi connectivity index (χ0n) is 23.8. The van der Waals surface area contributed by atoms with Gasteiger partial charge in [0.2, 0.25) is 5.91 Å². The Hall–Kier alpha value is -3.52. The second-order valence-electron chi connectivity index (χ2n) is 10.9. The molecule has 3 N–H and O–H groups in total. The number of ether oxygens (including phenoxy) is 1. The molecule has 0 aliphatic heterocycles. The molecule has 0 aliphatic carbocycles. The molecule has 0 heterocycles. The van der Waals surface area contributed by atoms with Crippen molar-refractivity contribution in [3.8, 4) is 5.75 Å². The summed E-state index contributed by atoms with van der Waals surface area (Å²) >= 11 is 6.38. The van der Waals surface area contributed by atoms with E-state index in [0.29, 0.717) is 22.7 Å². The van der Waals surface area contributed by atoms with Crippen LogP contribution in [0.5, 0.6) is 5.75 Å². The lowest BCUT2D eigenvalue weighted by Gasteiger charge is -2.34. The Balaban J connectivity index is 2.61.